The number of nitrogens with one attached hydrogen (secondary N) is 1. The molecule has 2 amide bonds. The molecule has 1 N–H and O–H groups in total. The summed E-state index contributed by atoms with van der Waals surface area (Å²) >= 11 is 0. The second-order valence-electron chi connectivity index (χ2n) is 5.38. The van der Waals surface area contributed by atoms with Crippen LogP contribution in [0.25, 0.3) is 0 Å². The zero-order chi connectivity index (χ0) is 17.6. The fraction of sp³-hybridized carbons (Fsp3) is 0.600. The van der Waals surface area contributed by atoms with Crippen LogP contribution in [-0.2, 0) is 10.9 Å². The number of halogens is 3. The van der Waals surface area contributed by atoms with Crippen molar-refractivity contribution >= 4 is 6.03 Å². The summed E-state index contributed by atoms with van der Waals surface area (Å²) in [5, 5.41) is 2.77. The molecule has 0 unspecified atom stereocenters. The first-order valence-electron chi connectivity index (χ1n) is 7.70. The largest absolute Gasteiger partial charge is 0.470 e. The van der Waals surface area contributed by atoms with Crippen LogP contribution in [0.5, 0.6) is 5.88 Å². The molecule has 1 fully saturated rings. The van der Waals surface area contributed by atoms with E-state index in [0.29, 0.717) is 19.7 Å². The third-order valence-electron chi connectivity index (χ3n) is 3.40. The molecule has 1 aromatic heterocycles. The summed E-state index contributed by atoms with van der Waals surface area (Å²) in [7, 11) is 0. The number of ether oxygens (including phenoxy) is 2. The fourth-order valence-electron chi connectivity index (χ4n) is 2.17. The van der Waals surface area contributed by atoms with Crippen LogP contribution < -0.4 is 10.1 Å². The molecule has 6 nitrogen and oxygen atoms in total. The predicted molar refractivity (Wildman–Crippen MR) is 79.7 cm³/mol. The van der Waals surface area contributed by atoms with Gasteiger partial charge in [0.25, 0.3) is 0 Å². The quantitative estimate of drug-likeness (QED) is 0.908. The van der Waals surface area contributed by atoms with E-state index in [1.165, 1.54) is 0 Å². The van der Waals surface area contributed by atoms with Crippen LogP contribution >= 0.6 is 0 Å². The monoisotopic (exact) mass is 347 g/mol. The Kier molecular flexibility index (Phi) is 6.24. The van der Waals surface area contributed by atoms with E-state index >= 15 is 0 Å². The van der Waals surface area contributed by atoms with Gasteiger partial charge in [0.1, 0.15) is 6.10 Å². The van der Waals surface area contributed by atoms with E-state index in [4.69, 9.17) is 9.47 Å². The van der Waals surface area contributed by atoms with Crippen molar-refractivity contribution in [3.8, 4) is 5.88 Å². The Morgan fingerprint density at radius 1 is 1.50 bits per heavy atom. The van der Waals surface area contributed by atoms with E-state index < -0.39 is 17.8 Å². The average molecular weight is 347 g/mol. The minimum atomic E-state index is -4.44. The van der Waals surface area contributed by atoms with Crippen molar-refractivity contribution in [1.82, 2.24) is 15.2 Å². The van der Waals surface area contributed by atoms with Gasteiger partial charge in [-0.2, -0.15) is 13.2 Å². The predicted octanol–water partition coefficient (Wildman–Crippen LogP) is 2.30. The Balaban J connectivity index is 1.96. The Morgan fingerprint density at radius 3 is 2.92 bits per heavy atom. The highest BCUT2D eigenvalue weighted by Gasteiger charge is 2.31. The SMILES string of the molecule is CCCNC(=O)N1CCOC[C@H](Oc2ccc(C(F)(F)F)cn2)C1. The number of rotatable bonds is 4. The molecule has 1 atom stereocenters. The van der Waals surface area contributed by atoms with Crippen LogP contribution in [0.3, 0.4) is 0 Å². The van der Waals surface area contributed by atoms with Crippen molar-refractivity contribution in [2.45, 2.75) is 25.6 Å². The molecule has 0 saturated carbocycles. The number of alkyl halides is 3. The number of hydrogen-bond donors (Lipinski definition) is 1. The molecule has 0 aromatic carbocycles. The maximum absolute atomic E-state index is 12.5. The second kappa shape index (κ2) is 8.18. The lowest BCUT2D eigenvalue weighted by Gasteiger charge is -2.24. The summed E-state index contributed by atoms with van der Waals surface area (Å²) in [6.45, 7) is 3.84. The summed E-state index contributed by atoms with van der Waals surface area (Å²) in [5.41, 5.74) is -0.840. The van der Waals surface area contributed by atoms with Gasteiger partial charge < -0.3 is 19.7 Å². The summed E-state index contributed by atoms with van der Waals surface area (Å²) < 4.78 is 48.5. The number of amides is 2. The summed E-state index contributed by atoms with van der Waals surface area (Å²) in [4.78, 5) is 17.3. The number of aromatic nitrogens is 1. The molecule has 1 aliphatic rings. The normalized spacial score (nSPS) is 18.8. The molecule has 9 heteroatoms. The van der Waals surface area contributed by atoms with Gasteiger partial charge in [-0.05, 0) is 12.5 Å². The van der Waals surface area contributed by atoms with Gasteiger partial charge in [0, 0.05) is 25.4 Å². The molecule has 0 radical (unpaired) electrons. The minimum Gasteiger partial charge on any atom is -0.470 e. The van der Waals surface area contributed by atoms with Gasteiger partial charge in [0.2, 0.25) is 5.88 Å². The zero-order valence-electron chi connectivity index (χ0n) is 13.3. The van der Waals surface area contributed by atoms with Gasteiger partial charge in [-0.15, -0.1) is 0 Å². The minimum absolute atomic E-state index is 0.0624. The number of urea groups is 1. The molecule has 0 bridgehead atoms. The van der Waals surface area contributed by atoms with E-state index in [-0.39, 0.29) is 25.1 Å². The van der Waals surface area contributed by atoms with Crippen molar-refractivity contribution in [3.05, 3.63) is 23.9 Å². The van der Waals surface area contributed by atoms with E-state index in [1.54, 1.807) is 4.90 Å². The highest BCUT2D eigenvalue weighted by molar-refractivity contribution is 5.74. The molecular weight excluding hydrogens is 327 g/mol. The Morgan fingerprint density at radius 2 is 2.29 bits per heavy atom. The molecule has 1 aliphatic heterocycles. The Bertz CT molecular complexity index is 537. The van der Waals surface area contributed by atoms with Crippen LogP contribution in [0.2, 0.25) is 0 Å². The number of carbonyl (C=O) groups excluding carboxylic acids is 1. The molecule has 1 aromatic rings. The number of carbonyl (C=O) groups is 1. The number of pyridine rings is 1. The molecule has 2 rings (SSSR count). The highest BCUT2D eigenvalue weighted by atomic mass is 19.4. The lowest BCUT2D eigenvalue weighted by Crippen LogP contribution is -2.45. The molecule has 2 heterocycles. The van der Waals surface area contributed by atoms with Crippen LogP contribution in [0.1, 0.15) is 18.9 Å². The standard InChI is InChI=1S/C15H20F3N3O3/c1-2-5-19-14(22)21-6-7-23-10-12(9-21)24-13-4-3-11(8-20-13)15(16,17)18/h3-4,8,12H,2,5-7,9-10H2,1H3,(H,19,22)/t12-/m1/s1. The lowest BCUT2D eigenvalue weighted by molar-refractivity contribution is -0.137. The van der Waals surface area contributed by atoms with Crippen molar-refractivity contribution in [1.29, 1.82) is 0 Å². The molecular formula is C15H20F3N3O3. The van der Waals surface area contributed by atoms with Gasteiger partial charge in [-0.25, -0.2) is 9.78 Å². The van der Waals surface area contributed by atoms with Crippen LogP contribution in [0.4, 0.5) is 18.0 Å². The second-order valence-corrected chi connectivity index (χ2v) is 5.38. The number of nitrogens with zero attached hydrogens (tertiary/aromatic N) is 2. The maximum Gasteiger partial charge on any atom is 0.417 e. The van der Waals surface area contributed by atoms with Gasteiger partial charge in [-0.1, -0.05) is 6.92 Å². The first kappa shape index (κ1) is 18.3. The maximum atomic E-state index is 12.5. The lowest BCUT2D eigenvalue weighted by atomic mass is 10.3. The van der Waals surface area contributed by atoms with Crippen molar-refractivity contribution in [3.63, 3.8) is 0 Å². The first-order chi connectivity index (χ1) is 11.4. The Labute approximate surface area is 137 Å². The molecule has 134 valence electrons. The van der Waals surface area contributed by atoms with E-state index in [9.17, 15) is 18.0 Å². The topological polar surface area (TPSA) is 63.7 Å². The summed E-state index contributed by atoms with van der Waals surface area (Å²) in [6, 6.07) is 1.86. The highest BCUT2D eigenvalue weighted by Crippen LogP contribution is 2.29. The molecule has 0 aliphatic carbocycles. The van der Waals surface area contributed by atoms with Crippen LogP contribution in [-0.4, -0.2) is 54.9 Å². The summed E-state index contributed by atoms with van der Waals surface area (Å²) in [5.74, 6) is 0.0624. The van der Waals surface area contributed by atoms with Gasteiger partial charge >= 0.3 is 12.2 Å². The van der Waals surface area contributed by atoms with Crippen molar-refractivity contribution < 1.29 is 27.4 Å². The van der Waals surface area contributed by atoms with E-state index in [0.717, 1.165) is 24.8 Å². The first-order valence-corrected chi connectivity index (χ1v) is 7.70. The van der Waals surface area contributed by atoms with Gasteiger partial charge in [0.15, 0.2) is 0 Å². The molecule has 0 spiro atoms. The molecule has 24 heavy (non-hydrogen) atoms. The van der Waals surface area contributed by atoms with E-state index in [1.807, 2.05) is 6.92 Å². The zero-order valence-corrected chi connectivity index (χ0v) is 13.3. The van der Waals surface area contributed by atoms with Crippen molar-refractivity contribution in [2.24, 2.45) is 0 Å². The third-order valence-corrected chi connectivity index (χ3v) is 3.40. The van der Waals surface area contributed by atoms with Gasteiger partial charge in [-0.3, -0.25) is 0 Å². The third kappa shape index (κ3) is 5.26. The smallest absolute Gasteiger partial charge is 0.417 e. The Hall–Kier alpha value is -2.03. The average Bonchev–Trinajstić information content (AvgIpc) is 2.78. The van der Waals surface area contributed by atoms with Crippen molar-refractivity contribution in [2.75, 3.05) is 32.8 Å². The fourth-order valence-corrected chi connectivity index (χ4v) is 2.17. The number of hydrogen-bond acceptors (Lipinski definition) is 4. The molecule has 1 saturated heterocycles. The van der Waals surface area contributed by atoms with Crippen LogP contribution in [0, 0.1) is 0 Å². The van der Waals surface area contributed by atoms with Crippen LogP contribution in [0.15, 0.2) is 18.3 Å². The summed E-state index contributed by atoms with van der Waals surface area (Å²) in [6.07, 6.45) is -3.39. The van der Waals surface area contributed by atoms with E-state index in [2.05, 4.69) is 10.3 Å². The van der Waals surface area contributed by atoms with Gasteiger partial charge in [0.05, 0.1) is 25.3 Å².